The highest BCUT2D eigenvalue weighted by molar-refractivity contribution is 5.26. The molecule has 2 aliphatic rings. The lowest BCUT2D eigenvalue weighted by atomic mass is 10.0. The zero-order valence-electron chi connectivity index (χ0n) is 6.04. The van der Waals surface area contributed by atoms with Gasteiger partial charge in [0.25, 0.3) is 0 Å². The van der Waals surface area contributed by atoms with Gasteiger partial charge in [0.05, 0.1) is 12.0 Å². The maximum Gasteiger partial charge on any atom is 0.0710 e. The lowest BCUT2D eigenvalue weighted by Gasteiger charge is -2.20. The van der Waals surface area contributed by atoms with Gasteiger partial charge in [-0.1, -0.05) is 0 Å². The molecule has 2 rings (SSSR count). The Morgan fingerprint density at radius 1 is 1.80 bits per heavy atom. The maximum atomic E-state index is 8.67. The zero-order valence-corrected chi connectivity index (χ0v) is 6.04. The molecule has 1 heterocycles. The summed E-state index contributed by atoms with van der Waals surface area (Å²) in [6.07, 6.45) is 4.32. The highest BCUT2D eigenvalue weighted by atomic mass is 15.1. The van der Waals surface area contributed by atoms with E-state index in [2.05, 4.69) is 24.2 Å². The second kappa shape index (κ2) is 1.76. The molecule has 2 nitrogen and oxygen atoms in total. The van der Waals surface area contributed by atoms with E-state index >= 15 is 0 Å². The van der Waals surface area contributed by atoms with Crippen LogP contribution in [0.4, 0.5) is 0 Å². The van der Waals surface area contributed by atoms with E-state index in [9.17, 15) is 0 Å². The van der Waals surface area contributed by atoms with Gasteiger partial charge in [-0.25, -0.2) is 0 Å². The Kier molecular flexibility index (Phi) is 1.02. The van der Waals surface area contributed by atoms with Crippen LogP contribution >= 0.6 is 0 Å². The summed E-state index contributed by atoms with van der Waals surface area (Å²) >= 11 is 0. The minimum atomic E-state index is 0.237. The number of nitriles is 1. The van der Waals surface area contributed by atoms with Crippen LogP contribution in [-0.4, -0.2) is 18.0 Å². The third kappa shape index (κ3) is 0.578. The van der Waals surface area contributed by atoms with E-state index in [4.69, 9.17) is 5.26 Å². The molecule has 0 spiro atoms. The molecule has 2 unspecified atom stereocenters. The predicted octanol–water partition coefficient (Wildman–Crippen LogP) is 1.12. The van der Waals surface area contributed by atoms with E-state index in [0.717, 1.165) is 12.8 Å². The van der Waals surface area contributed by atoms with Crippen molar-refractivity contribution in [1.29, 1.82) is 5.26 Å². The number of fused-ring (bicyclic) bond motifs is 2. The Hall–Kier alpha value is -0.970. The van der Waals surface area contributed by atoms with Crippen molar-refractivity contribution in [3.63, 3.8) is 0 Å². The highest BCUT2D eigenvalue weighted by Crippen LogP contribution is 2.39. The summed E-state index contributed by atoms with van der Waals surface area (Å²) in [5.74, 6) is 0.237. The zero-order chi connectivity index (χ0) is 7.14. The molecule has 0 saturated heterocycles. The van der Waals surface area contributed by atoms with E-state index in [1.807, 2.05) is 0 Å². The SMILES string of the molecule is CN1C=C2CC1CC2C#N. The van der Waals surface area contributed by atoms with Gasteiger partial charge >= 0.3 is 0 Å². The maximum absolute atomic E-state index is 8.67. The van der Waals surface area contributed by atoms with E-state index < -0.39 is 0 Å². The van der Waals surface area contributed by atoms with Crippen LogP contribution in [0.15, 0.2) is 11.8 Å². The van der Waals surface area contributed by atoms with E-state index in [1.54, 1.807) is 0 Å². The van der Waals surface area contributed by atoms with Crippen LogP contribution in [0.5, 0.6) is 0 Å². The van der Waals surface area contributed by atoms with Crippen LogP contribution in [-0.2, 0) is 0 Å². The normalized spacial score (nSPS) is 36.0. The summed E-state index contributed by atoms with van der Waals surface area (Å²) in [5.41, 5.74) is 1.34. The Morgan fingerprint density at radius 3 is 3.00 bits per heavy atom. The molecule has 52 valence electrons. The van der Waals surface area contributed by atoms with Crippen LogP contribution < -0.4 is 0 Å². The Balaban J connectivity index is 2.26. The van der Waals surface area contributed by atoms with Gasteiger partial charge in [0.1, 0.15) is 0 Å². The van der Waals surface area contributed by atoms with Gasteiger partial charge < -0.3 is 4.90 Å². The molecule has 1 saturated carbocycles. The fraction of sp³-hybridized carbons (Fsp3) is 0.625. The Morgan fingerprint density at radius 2 is 2.60 bits per heavy atom. The Bertz CT molecular complexity index is 224. The highest BCUT2D eigenvalue weighted by Gasteiger charge is 2.35. The van der Waals surface area contributed by atoms with Gasteiger partial charge in [-0.15, -0.1) is 0 Å². The molecule has 0 aromatic carbocycles. The van der Waals surface area contributed by atoms with Crippen LogP contribution in [0, 0.1) is 17.2 Å². The molecular formula is C8H10N2. The minimum absolute atomic E-state index is 0.237. The summed E-state index contributed by atoms with van der Waals surface area (Å²) in [5, 5.41) is 8.67. The van der Waals surface area contributed by atoms with Crippen molar-refractivity contribution in [3.05, 3.63) is 11.8 Å². The van der Waals surface area contributed by atoms with Crippen LogP contribution in [0.2, 0.25) is 0 Å². The lowest BCUT2D eigenvalue weighted by Crippen LogP contribution is -2.23. The predicted molar refractivity (Wildman–Crippen MR) is 38.0 cm³/mol. The monoisotopic (exact) mass is 134 g/mol. The fourth-order valence-corrected chi connectivity index (χ4v) is 1.88. The van der Waals surface area contributed by atoms with Crippen LogP contribution in [0.25, 0.3) is 0 Å². The molecular weight excluding hydrogens is 124 g/mol. The molecule has 1 fully saturated rings. The van der Waals surface area contributed by atoms with Gasteiger partial charge in [-0.3, -0.25) is 0 Å². The molecule has 0 radical (unpaired) electrons. The van der Waals surface area contributed by atoms with Crippen molar-refractivity contribution in [1.82, 2.24) is 4.90 Å². The van der Waals surface area contributed by atoms with Crippen molar-refractivity contribution in [2.75, 3.05) is 7.05 Å². The number of rotatable bonds is 0. The molecule has 0 aromatic rings. The molecule has 1 aliphatic carbocycles. The Labute approximate surface area is 60.7 Å². The second-order valence-corrected chi connectivity index (χ2v) is 3.14. The molecule has 2 heteroatoms. The van der Waals surface area contributed by atoms with E-state index in [-0.39, 0.29) is 5.92 Å². The smallest absolute Gasteiger partial charge is 0.0710 e. The average molecular weight is 134 g/mol. The van der Waals surface area contributed by atoms with Crippen molar-refractivity contribution in [3.8, 4) is 6.07 Å². The van der Waals surface area contributed by atoms with Gasteiger partial charge in [0.15, 0.2) is 0 Å². The van der Waals surface area contributed by atoms with Crippen molar-refractivity contribution < 1.29 is 0 Å². The summed E-state index contributed by atoms with van der Waals surface area (Å²) in [6.45, 7) is 0. The van der Waals surface area contributed by atoms with E-state index in [1.165, 1.54) is 5.57 Å². The van der Waals surface area contributed by atoms with Gasteiger partial charge in [-0.2, -0.15) is 5.26 Å². The number of nitrogens with zero attached hydrogens (tertiary/aromatic N) is 2. The fourth-order valence-electron chi connectivity index (χ4n) is 1.88. The molecule has 2 atom stereocenters. The first-order valence-electron chi connectivity index (χ1n) is 3.63. The van der Waals surface area contributed by atoms with E-state index in [0.29, 0.717) is 6.04 Å². The summed E-state index contributed by atoms with van der Waals surface area (Å²) in [6, 6.07) is 2.96. The average Bonchev–Trinajstić information content (AvgIpc) is 2.44. The van der Waals surface area contributed by atoms with Crippen LogP contribution in [0.3, 0.4) is 0 Å². The quantitative estimate of drug-likeness (QED) is 0.496. The minimum Gasteiger partial charge on any atom is -0.377 e. The van der Waals surface area contributed by atoms with Crippen molar-refractivity contribution in [2.45, 2.75) is 18.9 Å². The molecule has 0 aromatic heterocycles. The van der Waals surface area contributed by atoms with Crippen molar-refractivity contribution in [2.24, 2.45) is 5.92 Å². The van der Waals surface area contributed by atoms with Gasteiger partial charge in [-0.05, 0) is 24.6 Å². The largest absolute Gasteiger partial charge is 0.377 e. The van der Waals surface area contributed by atoms with Crippen LogP contribution in [0.1, 0.15) is 12.8 Å². The second-order valence-electron chi connectivity index (χ2n) is 3.14. The summed E-state index contributed by atoms with van der Waals surface area (Å²) in [4.78, 5) is 2.23. The van der Waals surface area contributed by atoms with Crippen molar-refractivity contribution >= 4 is 0 Å². The molecule has 0 amide bonds. The third-order valence-corrected chi connectivity index (χ3v) is 2.53. The topological polar surface area (TPSA) is 27.0 Å². The molecule has 10 heavy (non-hydrogen) atoms. The summed E-state index contributed by atoms with van der Waals surface area (Å²) in [7, 11) is 2.09. The van der Waals surface area contributed by atoms with Gasteiger partial charge in [0.2, 0.25) is 0 Å². The molecule has 1 aliphatic heterocycles. The van der Waals surface area contributed by atoms with Gasteiger partial charge in [0, 0.05) is 13.1 Å². The first-order chi connectivity index (χ1) is 4.81. The first kappa shape index (κ1) is 5.79. The summed E-state index contributed by atoms with van der Waals surface area (Å²) < 4.78 is 0. The lowest BCUT2D eigenvalue weighted by molar-refractivity contribution is 0.338. The third-order valence-electron chi connectivity index (χ3n) is 2.53. The molecule has 0 N–H and O–H groups in total. The number of hydrogen-bond acceptors (Lipinski definition) is 2. The first-order valence-corrected chi connectivity index (χ1v) is 3.63. The standard InChI is InChI=1S/C8H10N2/c1-10-5-7-3-8(10)2-6(7)4-9/h5-6,8H,2-3H2,1H3. The molecule has 2 bridgehead atoms. The number of hydrogen-bond donors (Lipinski definition) is 0.